The van der Waals surface area contributed by atoms with Crippen molar-refractivity contribution in [1.82, 2.24) is 14.1 Å². The van der Waals surface area contributed by atoms with Crippen LogP contribution >= 0.6 is 23.2 Å². The first kappa shape index (κ1) is 26.4. The largest absolute Gasteiger partial charge is 0.370 e. The molecule has 2 fully saturated rings. The minimum Gasteiger partial charge on any atom is -0.370 e. The zero-order chi connectivity index (χ0) is 24.8. The van der Waals surface area contributed by atoms with Gasteiger partial charge < -0.3 is 9.64 Å². The average molecular weight is 541 g/mol. The molecule has 10 heteroatoms. The summed E-state index contributed by atoms with van der Waals surface area (Å²) in [6.45, 7) is 4.28. The zero-order valence-corrected chi connectivity index (χ0v) is 21.9. The van der Waals surface area contributed by atoms with Crippen molar-refractivity contribution >= 4 is 39.1 Å². The van der Waals surface area contributed by atoms with Crippen LogP contribution < -0.4 is 0 Å². The normalized spacial score (nSPS) is 20.2. The van der Waals surface area contributed by atoms with Crippen LogP contribution in [0.4, 0.5) is 0 Å². The van der Waals surface area contributed by atoms with E-state index in [4.69, 9.17) is 27.9 Å². The van der Waals surface area contributed by atoms with E-state index in [1.165, 1.54) is 22.0 Å². The Labute approximate surface area is 217 Å². The Morgan fingerprint density at radius 3 is 2.29 bits per heavy atom. The van der Waals surface area contributed by atoms with Crippen molar-refractivity contribution in [2.75, 3.05) is 45.9 Å². The summed E-state index contributed by atoms with van der Waals surface area (Å²) in [5.41, 5.74) is 1.26. The lowest BCUT2D eigenvalue weighted by Gasteiger charge is -2.36. The Kier molecular flexibility index (Phi) is 9.07. The topological polar surface area (TPSA) is 70.2 Å². The fourth-order valence-electron chi connectivity index (χ4n) is 4.67. The predicted molar refractivity (Wildman–Crippen MR) is 137 cm³/mol. The maximum Gasteiger partial charge on any atom is 0.248 e. The molecule has 1 amide bonds. The van der Waals surface area contributed by atoms with E-state index >= 15 is 0 Å². The van der Waals surface area contributed by atoms with Crippen LogP contribution in [0.1, 0.15) is 24.8 Å². The third-order valence-corrected chi connectivity index (χ3v) is 9.48. The SMILES string of the molecule is O=C(COCC1CCCCN1S(=O)(=O)c1c(Cl)cccc1Cl)N1CCN(Cc2ccccc2)CC1. The van der Waals surface area contributed by atoms with Crippen LogP contribution in [-0.2, 0) is 26.1 Å². The van der Waals surface area contributed by atoms with Gasteiger partial charge in [0.25, 0.3) is 0 Å². The predicted octanol–water partition coefficient (Wildman–Crippen LogP) is 3.90. The van der Waals surface area contributed by atoms with Gasteiger partial charge in [0.05, 0.1) is 16.7 Å². The quantitative estimate of drug-likeness (QED) is 0.508. The van der Waals surface area contributed by atoms with E-state index in [-0.39, 0.29) is 40.1 Å². The number of carbonyl (C=O) groups excluding carboxylic acids is 1. The Morgan fingerprint density at radius 2 is 1.60 bits per heavy atom. The molecule has 0 saturated carbocycles. The summed E-state index contributed by atoms with van der Waals surface area (Å²) in [6.07, 6.45) is 2.31. The first-order chi connectivity index (χ1) is 16.9. The van der Waals surface area contributed by atoms with Gasteiger partial charge in [-0.05, 0) is 30.5 Å². The summed E-state index contributed by atoms with van der Waals surface area (Å²) in [7, 11) is -3.89. The van der Waals surface area contributed by atoms with E-state index in [0.717, 1.165) is 32.5 Å². The molecule has 2 aliphatic heterocycles. The van der Waals surface area contributed by atoms with Crippen LogP contribution in [0.5, 0.6) is 0 Å². The van der Waals surface area contributed by atoms with Crippen LogP contribution in [0.25, 0.3) is 0 Å². The maximum atomic E-state index is 13.4. The number of ether oxygens (including phenoxy) is 1. The fourth-order valence-corrected chi connectivity index (χ4v) is 7.45. The molecule has 2 heterocycles. The Bertz CT molecular complexity index is 1090. The number of piperidine rings is 1. The number of halogens is 2. The Balaban J connectivity index is 1.28. The summed E-state index contributed by atoms with van der Waals surface area (Å²) < 4.78 is 33.9. The van der Waals surface area contributed by atoms with Crippen molar-refractivity contribution in [3.63, 3.8) is 0 Å². The number of hydrogen-bond donors (Lipinski definition) is 0. The number of amides is 1. The van der Waals surface area contributed by atoms with Crippen molar-refractivity contribution in [1.29, 1.82) is 0 Å². The fraction of sp³-hybridized carbons (Fsp3) is 0.480. The molecule has 2 aliphatic rings. The summed E-state index contributed by atoms with van der Waals surface area (Å²) in [4.78, 5) is 16.8. The number of sulfonamides is 1. The zero-order valence-electron chi connectivity index (χ0n) is 19.6. The van der Waals surface area contributed by atoms with Crippen LogP contribution in [-0.4, -0.2) is 80.4 Å². The number of benzene rings is 2. The standard InChI is InChI=1S/C25H31Cl2N3O4S/c26-22-10-6-11-23(27)25(22)35(32,33)30-12-5-4-9-21(30)18-34-19-24(31)29-15-13-28(14-16-29)17-20-7-2-1-3-8-20/h1-3,6-8,10-11,21H,4-5,9,12-19H2. The van der Waals surface area contributed by atoms with Gasteiger partial charge in [-0.15, -0.1) is 0 Å². The molecule has 0 aromatic heterocycles. The molecular formula is C25H31Cl2N3O4S. The van der Waals surface area contributed by atoms with E-state index in [9.17, 15) is 13.2 Å². The second kappa shape index (κ2) is 12.0. The lowest BCUT2D eigenvalue weighted by Crippen LogP contribution is -2.50. The number of carbonyl (C=O) groups is 1. The smallest absolute Gasteiger partial charge is 0.248 e. The van der Waals surface area contributed by atoms with Crippen LogP contribution in [0, 0.1) is 0 Å². The second-order valence-electron chi connectivity index (χ2n) is 8.97. The average Bonchev–Trinajstić information content (AvgIpc) is 2.85. The molecule has 0 radical (unpaired) electrons. The molecule has 2 aromatic carbocycles. The van der Waals surface area contributed by atoms with Gasteiger partial charge in [0.1, 0.15) is 11.5 Å². The van der Waals surface area contributed by atoms with E-state index in [0.29, 0.717) is 26.1 Å². The van der Waals surface area contributed by atoms with Gasteiger partial charge in [-0.1, -0.05) is 66.0 Å². The number of piperazine rings is 1. The molecule has 2 aromatic rings. The number of hydrogen-bond acceptors (Lipinski definition) is 5. The van der Waals surface area contributed by atoms with E-state index in [1.54, 1.807) is 6.07 Å². The minimum atomic E-state index is -3.89. The van der Waals surface area contributed by atoms with E-state index < -0.39 is 10.0 Å². The van der Waals surface area contributed by atoms with Gasteiger partial charge in [0.15, 0.2) is 0 Å². The minimum absolute atomic E-state index is 0.0596. The van der Waals surface area contributed by atoms with Crippen LogP contribution in [0.15, 0.2) is 53.4 Å². The molecule has 0 spiro atoms. The summed E-state index contributed by atoms with van der Waals surface area (Å²) >= 11 is 12.4. The first-order valence-electron chi connectivity index (χ1n) is 11.9. The highest BCUT2D eigenvalue weighted by atomic mass is 35.5. The van der Waals surface area contributed by atoms with Crippen molar-refractivity contribution in [2.45, 2.75) is 36.7 Å². The molecule has 190 valence electrons. The monoisotopic (exact) mass is 539 g/mol. The molecule has 7 nitrogen and oxygen atoms in total. The van der Waals surface area contributed by atoms with Gasteiger partial charge in [0.2, 0.25) is 15.9 Å². The highest BCUT2D eigenvalue weighted by Crippen LogP contribution is 2.34. The third kappa shape index (κ3) is 6.56. The van der Waals surface area contributed by atoms with E-state index in [2.05, 4.69) is 17.0 Å². The maximum absolute atomic E-state index is 13.4. The first-order valence-corrected chi connectivity index (χ1v) is 14.1. The van der Waals surface area contributed by atoms with Crippen molar-refractivity contribution in [2.24, 2.45) is 0 Å². The highest BCUT2D eigenvalue weighted by Gasteiger charge is 2.36. The molecule has 0 aliphatic carbocycles. The highest BCUT2D eigenvalue weighted by molar-refractivity contribution is 7.89. The van der Waals surface area contributed by atoms with Crippen molar-refractivity contribution < 1.29 is 17.9 Å². The Hall–Kier alpha value is -1.68. The third-order valence-electron chi connectivity index (χ3n) is 6.57. The van der Waals surface area contributed by atoms with Gasteiger partial charge in [-0.3, -0.25) is 9.69 Å². The molecule has 35 heavy (non-hydrogen) atoms. The van der Waals surface area contributed by atoms with Crippen molar-refractivity contribution in [3.05, 3.63) is 64.1 Å². The van der Waals surface area contributed by atoms with Crippen LogP contribution in [0.3, 0.4) is 0 Å². The number of rotatable bonds is 8. The molecule has 1 unspecified atom stereocenters. The lowest BCUT2D eigenvalue weighted by atomic mass is 10.1. The molecular weight excluding hydrogens is 509 g/mol. The van der Waals surface area contributed by atoms with Crippen LogP contribution in [0.2, 0.25) is 10.0 Å². The molecule has 2 saturated heterocycles. The Morgan fingerprint density at radius 1 is 0.914 bits per heavy atom. The van der Waals surface area contributed by atoms with Gasteiger partial charge >= 0.3 is 0 Å². The van der Waals surface area contributed by atoms with Crippen molar-refractivity contribution in [3.8, 4) is 0 Å². The molecule has 0 N–H and O–H groups in total. The summed E-state index contributed by atoms with van der Waals surface area (Å²) in [5.74, 6) is -0.0660. The lowest BCUT2D eigenvalue weighted by molar-refractivity contribution is -0.138. The second-order valence-corrected chi connectivity index (χ2v) is 11.6. The molecule has 0 bridgehead atoms. The van der Waals surface area contributed by atoms with E-state index in [1.807, 2.05) is 23.1 Å². The van der Waals surface area contributed by atoms with Gasteiger partial charge in [-0.25, -0.2) is 8.42 Å². The summed E-state index contributed by atoms with van der Waals surface area (Å²) in [5, 5.41) is 0.202. The summed E-state index contributed by atoms with van der Waals surface area (Å²) in [6, 6.07) is 14.6. The van der Waals surface area contributed by atoms with Gasteiger partial charge in [0, 0.05) is 45.3 Å². The number of nitrogens with zero attached hydrogens (tertiary/aromatic N) is 3. The van der Waals surface area contributed by atoms with Gasteiger partial charge in [-0.2, -0.15) is 4.31 Å². The molecule has 4 rings (SSSR count). The molecule has 1 atom stereocenters.